The van der Waals surface area contributed by atoms with Crippen molar-refractivity contribution in [3.8, 4) is 0 Å². The molecule has 0 amide bonds. The summed E-state index contributed by atoms with van der Waals surface area (Å²) in [5, 5.41) is 47.9. The van der Waals surface area contributed by atoms with Crippen LogP contribution in [0.5, 0.6) is 0 Å². The predicted octanol–water partition coefficient (Wildman–Crippen LogP) is -1.15. The van der Waals surface area contributed by atoms with Crippen molar-refractivity contribution in [2.75, 3.05) is 25.1 Å². The fourth-order valence-corrected chi connectivity index (χ4v) is 4.77. The van der Waals surface area contributed by atoms with Gasteiger partial charge >= 0.3 is 7.60 Å². The van der Waals surface area contributed by atoms with E-state index in [1.54, 1.807) is 0 Å². The molecule has 190 valence electrons. The minimum atomic E-state index is -4.73. The Morgan fingerprint density at radius 2 is 1.94 bits per heavy atom. The number of aromatic nitrogens is 4. The molecular formula is C19H30N5O9P. The third kappa shape index (κ3) is 5.25. The summed E-state index contributed by atoms with van der Waals surface area (Å²) in [5.74, 6) is -0.840. The second kappa shape index (κ2) is 10.5. The number of anilines is 1. The lowest BCUT2D eigenvalue weighted by molar-refractivity contribution is -0.0807. The zero-order chi connectivity index (χ0) is 24.5. The van der Waals surface area contributed by atoms with Gasteiger partial charge in [0.25, 0.3) is 0 Å². The van der Waals surface area contributed by atoms with E-state index in [-0.39, 0.29) is 19.1 Å². The largest absolute Gasteiger partial charge is 0.396 e. The first-order valence-corrected chi connectivity index (χ1v) is 12.8. The third-order valence-electron chi connectivity index (χ3n) is 6.09. The molecular weight excluding hydrogens is 473 g/mol. The van der Waals surface area contributed by atoms with E-state index in [0.29, 0.717) is 22.7 Å². The summed E-state index contributed by atoms with van der Waals surface area (Å²) in [6, 6.07) is 0.258. The van der Waals surface area contributed by atoms with E-state index in [1.807, 2.05) is 0 Å². The van der Waals surface area contributed by atoms with Crippen LogP contribution in [0.15, 0.2) is 6.20 Å². The highest BCUT2D eigenvalue weighted by atomic mass is 31.2. The van der Waals surface area contributed by atoms with Gasteiger partial charge in [0.15, 0.2) is 17.7 Å². The van der Waals surface area contributed by atoms with Crippen molar-refractivity contribution in [2.24, 2.45) is 0 Å². The Labute approximate surface area is 194 Å². The highest BCUT2D eigenvalue weighted by molar-refractivity contribution is 7.52. The maximum absolute atomic E-state index is 11.4. The molecule has 15 heteroatoms. The average molecular weight is 503 g/mol. The van der Waals surface area contributed by atoms with Crippen molar-refractivity contribution in [3.63, 3.8) is 0 Å². The summed E-state index contributed by atoms with van der Waals surface area (Å²) >= 11 is 0. The number of nitrogens with zero attached hydrogens (tertiary/aromatic N) is 4. The predicted molar refractivity (Wildman–Crippen MR) is 117 cm³/mol. The van der Waals surface area contributed by atoms with Crippen LogP contribution in [0.1, 0.15) is 37.7 Å². The molecule has 14 nitrogen and oxygen atoms in total. The second-order valence-electron chi connectivity index (χ2n) is 8.52. The summed E-state index contributed by atoms with van der Waals surface area (Å²) in [6.07, 6.45) is 0.796. The smallest absolute Gasteiger partial charge is 0.356 e. The fourth-order valence-electron chi connectivity index (χ4n) is 4.27. The molecule has 0 aromatic carbocycles. The number of aliphatic hydroxyl groups excluding tert-OH is 4. The summed E-state index contributed by atoms with van der Waals surface area (Å²) in [7, 11) is -4.73. The summed E-state index contributed by atoms with van der Waals surface area (Å²) in [4.78, 5) is 27.4. The first kappa shape index (κ1) is 25.4. The van der Waals surface area contributed by atoms with E-state index in [0.717, 1.165) is 25.7 Å². The van der Waals surface area contributed by atoms with Gasteiger partial charge in [-0.1, -0.05) is 12.8 Å². The number of nitrogens with one attached hydrogen (secondary N) is 1. The van der Waals surface area contributed by atoms with Gasteiger partial charge in [-0.25, -0.2) is 14.6 Å². The van der Waals surface area contributed by atoms with Gasteiger partial charge in [-0.05, 0) is 12.8 Å². The topological polar surface area (TPSA) is 213 Å². The van der Waals surface area contributed by atoms with Gasteiger partial charge in [-0.2, -0.15) is 5.10 Å². The average Bonchev–Trinajstić information content (AvgIpc) is 3.50. The minimum Gasteiger partial charge on any atom is -0.396 e. The molecule has 3 heterocycles. The molecule has 1 saturated heterocycles. The third-order valence-corrected chi connectivity index (χ3v) is 7.16. The van der Waals surface area contributed by atoms with Crippen LogP contribution < -0.4 is 5.32 Å². The number of aliphatic hydroxyl groups is 4. The van der Waals surface area contributed by atoms with Gasteiger partial charge in [-0.3, -0.25) is 4.57 Å². The molecule has 4 rings (SSSR count). The number of fused-ring (bicyclic) bond motifs is 1. The van der Waals surface area contributed by atoms with Crippen molar-refractivity contribution in [2.45, 2.75) is 68.5 Å². The molecule has 0 bridgehead atoms. The number of hydrogen-bond acceptors (Lipinski definition) is 11. The second-order valence-corrected chi connectivity index (χ2v) is 10.3. The van der Waals surface area contributed by atoms with Crippen LogP contribution in [-0.4, -0.2) is 100.0 Å². The van der Waals surface area contributed by atoms with Gasteiger partial charge < -0.3 is 45.0 Å². The lowest BCUT2D eigenvalue weighted by Crippen LogP contribution is -2.35. The molecule has 0 radical (unpaired) electrons. The first-order chi connectivity index (χ1) is 16.2. The summed E-state index contributed by atoms with van der Waals surface area (Å²) < 4.78 is 23.4. The molecule has 34 heavy (non-hydrogen) atoms. The van der Waals surface area contributed by atoms with Crippen LogP contribution in [0.4, 0.5) is 5.82 Å². The van der Waals surface area contributed by atoms with Crippen LogP contribution in [0.2, 0.25) is 0 Å². The minimum absolute atomic E-state index is 0.158. The number of hydrogen-bond donors (Lipinski definition) is 7. The Bertz CT molecular complexity index is 1030. The Kier molecular flexibility index (Phi) is 7.82. The van der Waals surface area contributed by atoms with Crippen molar-refractivity contribution in [1.29, 1.82) is 0 Å². The zero-order valence-electron chi connectivity index (χ0n) is 18.3. The van der Waals surface area contributed by atoms with Crippen molar-refractivity contribution in [1.82, 2.24) is 19.7 Å². The Balaban J connectivity index is 1.58. The molecule has 2 aromatic rings. The Morgan fingerprint density at radius 1 is 1.21 bits per heavy atom. The normalized spacial score (nSPS) is 27.0. The molecule has 2 aromatic heterocycles. The maximum atomic E-state index is 11.4. The van der Waals surface area contributed by atoms with E-state index in [1.165, 1.54) is 10.9 Å². The van der Waals surface area contributed by atoms with Crippen LogP contribution in [0, 0.1) is 0 Å². The summed E-state index contributed by atoms with van der Waals surface area (Å²) in [6.45, 7) is -1.57. The quantitative estimate of drug-likeness (QED) is 0.191. The molecule has 7 N–H and O–H groups in total. The van der Waals surface area contributed by atoms with Gasteiger partial charge in [-0.15, -0.1) is 0 Å². The van der Waals surface area contributed by atoms with Crippen LogP contribution in [0.25, 0.3) is 11.0 Å². The van der Waals surface area contributed by atoms with Crippen molar-refractivity contribution >= 4 is 24.4 Å². The molecule has 1 aliphatic heterocycles. The zero-order valence-corrected chi connectivity index (χ0v) is 19.2. The monoisotopic (exact) mass is 503 g/mol. The van der Waals surface area contributed by atoms with E-state index >= 15 is 0 Å². The maximum Gasteiger partial charge on any atom is 0.356 e. The van der Waals surface area contributed by atoms with Gasteiger partial charge in [0.2, 0.25) is 0 Å². The highest BCUT2D eigenvalue weighted by Gasteiger charge is 2.46. The standard InChI is InChI=1S/C19H30N5O9P/c25-6-5-13-22-17(21-10-3-1-2-4-10)11-7-20-24(18(11)23-13)19-16(28)15(27)12(33-19)9-32-14(8-26)34(29,30)31/h7,10,12,14-16,19,25-28H,1-6,8-9H2,(H,21,22,23)(H2,29,30,31)/t12-,14?,15-,16-,19-/m1/s1. The molecule has 5 atom stereocenters. The van der Waals surface area contributed by atoms with Crippen LogP contribution >= 0.6 is 7.60 Å². The Morgan fingerprint density at radius 3 is 2.59 bits per heavy atom. The van der Waals surface area contributed by atoms with Gasteiger partial charge in [0.05, 0.1) is 31.4 Å². The fraction of sp³-hybridized carbons (Fsp3) is 0.737. The van der Waals surface area contributed by atoms with E-state index in [4.69, 9.17) is 14.6 Å². The lowest BCUT2D eigenvalue weighted by Gasteiger charge is -2.20. The number of rotatable bonds is 10. The summed E-state index contributed by atoms with van der Waals surface area (Å²) in [5.41, 5.74) is 0.334. The van der Waals surface area contributed by atoms with Crippen molar-refractivity contribution in [3.05, 3.63) is 12.0 Å². The van der Waals surface area contributed by atoms with Crippen LogP contribution in [-0.2, 0) is 20.5 Å². The molecule has 2 fully saturated rings. The van der Waals surface area contributed by atoms with Crippen LogP contribution in [0.3, 0.4) is 0 Å². The van der Waals surface area contributed by atoms with Crippen molar-refractivity contribution < 1.29 is 44.3 Å². The molecule has 0 spiro atoms. The number of ether oxygens (including phenoxy) is 2. The lowest BCUT2D eigenvalue weighted by atomic mass is 10.1. The Hall–Kier alpha value is -1.74. The molecule has 1 aliphatic carbocycles. The molecule has 2 aliphatic rings. The SMILES string of the molecule is O=P(O)(O)C(CO)OC[C@H]1O[C@@H](n2ncc3c(NC4CCCC4)nc(CCO)nc32)[C@H](O)[C@@H]1O. The van der Waals surface area contributed by atoms with Gasteiger partial charge in [0.1, 0.15) is 30.0 Å². The highest BCUT2D eigenvalue weighted by Crippen LogP contribution is 2.42. The van der Waals surface area contributed by atoms with E-state index in [9.17, 15) is 29.7 Å². The molecule has 1 saturated carbocycles. The molecule has 1 unspecified atom stereocenters. The van der Waals surface area contributed by atoms with Gasteiger partial charge in [0, 0.05) is 12.5 Å². The van der Waals surface area contributed by atoms with E-state index in [2.05, 4.69) is 20.4 Å². The first-order valence-electron chi connectivity index (χ1n) is 11.1. The van der Waals surface area contributed by atoms with E-state index < -0.39 is 51.2 Å².